The van der Waals surface area contributed by atoms with Gasteiger partial charge in [0.05, 0.1) is 18.6 Å². The fraction of sp³-hybridized carbons (Fsp3) is 0.750. The van der Waals surface area contributed by atoms with E-state index >= 15 is 0 Å². The van der Waals surface area contributed by atoms with E-state index in [1.54, 1.807) is 13.3 Å². The van der Waals surface area contributed by atoms with Crippen molar-refractivity contribution in [3.05, 3.63) is 0 Å². The van der Waals surface area contributed by atoms with Gasteiger partial charge in [-0.2, -0.15) is 0 Å². The summed E-state index contributed by atoms with van der Waals surface area (Å²) in [6, 6.07) is 0. The van der Waals surface area contributed by atoms with Crippen molar-refractivity contribution in [1.29, 1.82) is 0 Å². The molecule has 0 aromatic rings. The maximum absolute atomic E-state index is 11.3. The first-order valence-corrected chi connectivity index (χ1v) is 3.71. The highest BCUT2D eigenvalue weighted by Gasteiger charge is 2.39. The van der Waals surface area contributed by atoms with E-state index in [1.807, 2.05) is 6.92 Å². The molecule has 0 radical (unpaired) electrons. The number of carbonyl (C=O) groups is 1. The van der Waals surface area contributed by atoms with Gasteiger partial charge in [-0.1, -0.05) is 0 Å². The Morgan fingerprint density at radius 1 is 1.73 bits per heavy atom. The van der Waals surface area contributed by atoms with Gasteiger partial charge in [0, 0.05) is 19.7 Å². The molecule has 0 saturated carbocycles. The zero-order chi connectivity index (χ0) is 8.32. The average Bonchev–Trinajstić information content (AvgIpc) is 1.95. The molecule has 1 rings (SSSR count). The lowest BCUT2D eigenvalue weighted by Crippen LogP contribution is -2.46. The van der Waals surface area contributed by atoms with Gasteiger partial charge >= 0.3 is 0 Å². The number of ketones is 1. The van der Waals surface area contributed by atoms with Gasteiger partial charge < -0.3 is 9.73 Å². The van der Waals surface area contributed by atoms with Crippen molar-refractivity contribution in [3.63, 3.8) is 0 Å². The van der Waals surface area contributed by atoms with Crippen molar-refractivity contribution in [1.82, 2.24) is 0 Å². The van der Waals surface area contributed by atoms with E-state index in [4.69, 9.17) is 4.74 Å². The predicted molar refractivity (Wildman–Crippen MR) is 43.0 cm³/mol. The minimum atomic E-state index is -0.221. The summed E-state index contributed by atoms with van der Waals surface area (Å²) in [6.45, 7) is 3.08. The highest BCUT2D eigenvalue weighted by atomic mass is 16.5. The molecule has 1 heterocycles. The fourth-order valence-electron chi connectivity index (χ4n) is 0.990. The van der Waals surface area contributed by atoms with Crippen molar-refractivity contribution < 1.29 is 9.53 Å². The molecule has 0 spiro atoms. The summed E-state index contributed by atoms with van der Waals surface area (Å²) >= 11 is 0. The van der Waals surface area contributed by atoms with Crippen LogP contribution in [0.25, 0.3) is 0 Å². The molecule has 0 unspecified atom stereocenters. The average molecular weight is 155 g/mol. The summed E-state index contributed by atoms with van der Waals surface area (Å²) in [7, 11) is 1.67. The predicted octanol–water partition coefficient (Wildman–Crippen LogP) is 0.683. The molecule has 3 nitrogen and oxygen atoms in total. The van der Waals surface area contributed by atoms with Gasteiger partial charge in [-0.15, -0.1) is 0 Å². The van der Waals surface area contributed by atoms with Crippen molar-refractivity contribution in [3.8, 4) is 0 Å². The summed E-state index contributed by atoms with van der Waals surface area (Å²) in [5.74, 6) is 0.231. The molecule has 62 valence electrons. The Hall–Kier alpha value is -0.700. The smallest absolute Gasteiger partial charge is 0.148 e. The second-order valence-corrected chi connectivity index (χ2v) is 3.12. The molecule has 3 heteroatoms. The van der Waals surface area contributed by atoms with Crippen LogP contribution in [0.1, 0.15) is 13.3 Å². The Morgan fingerprint density at radius 2 is 2.36 bits per heavy atom. The van der Waals surface area contributed by atoms with Crippen LogP contribution < -0.4 is 0 Å². The van der Waals surface area contributed by atoms with E-state index in [0.717, 1.165) is 0 Å². The Bertz CT molecular complexity index is 183. The van der Waals surface area contributed by atoms with E-state index in [1.165, 1.54) is 0 Å². The third kappa shape index (κ3) is 1.66. The monoisotopic (exact) mass is 155 g/mol. The van der Waals surface area contributed by atoms with Crippen LogP contribution in [0.5, 0.6) is 0 Å². The topological polar surface area (TPSA) is 38.7 Å². The van der Waals surface area contributed by atoms with Crippen LogP contribution in [-0.2, 0) is 9.53 Å². The van der Waals surface area contributed by atoms with E-state index in [9.17, 15) is 4.79 Å². The van der Waals surface area contributed by atoms with Gasteiger partial charge in [0.1, 0.15) is 5.78 Å². The van der Waals surface area contributed by atoms with Crippen molar-refractivity contribution in [2.24, 2.45) is 10.4 Å². The van der Waals surface area contributed by atoms with Crippen molar-refractivity contribution >= 4 is 12.0 Å². The van der Waals surface area contributed by atoms with E-state index in [2.05, 4.69) is 4.99 Å². The molecule has 0 bridgehead atoms. The van der Waals surface area contributed by atoms with Gasteiger partial charge in [-0.3, -0.25) is 4.79 Å². The lowest BCUT2D eigenvalue weighted by atomic mass is 9.82. The van der Waals surface area contributed by atoms with E-state index < -0.39 is 0 Å². The molecular weight excluding hydrogens is 142 g/mol. The van der Waals surface area contributed by atoms with Crippen LogP contribution >= 0.6 is 0 Å². The quantitative estimate of drug-likeness (QED) is 0.562. The van der Waals surface area contributed by atoms with Crippen LogP contribution in [0.2, 0.25) is 0 Å². The molecule has 1 fully saturated rings. The normalized spacial score (nSPS) is 21.6. The zero-order valence-electron chi connectivity index (χ0n) is 6.96. The number of carbonyl (C=O) groups excluding carboxylic acids is 1. The van der Waals surface area contributed by atoms with Crippen molar-refractivity contribution in [2.75, 3.05) is 20.3 Å². The van der Waals surface area contributed by atoms with Gasteiger partial charge in [0.2, 0.25) is 0 Å². The van der Waals surface area contributed by atoms with E-state index in [0.29, 0.717) is 19.6 Å². The molecule has 11 heavy (non-hydrogen) atoms. The van der Waals surface area contributed by atoms with Gasteiger partial charge in [-0.25, -0.2) is 0 Å². The second kappa shape index (κ2) is 3.13. The summed E-state index contributed by atoms with van der Waals surface area (Å²) in [4.78, 5) is 15.1. The van der Waals surface area contributed by atoms with Crippen LogP contribution in [0.15, 0.2) is 4.99 Å². The third-order valence-corrected chi connectivity index (χ3v) is 1.97. The molecule has 1 aliphatic rings. The van der Waals surface area contributed by atoms with Crippen LogP contribution in [0.4, 0.5) is 0 Å². The molecule has 0 N–H and O–H groups in total. The molecule has 0 aromatic heterocycles. The largest absolute Gasteiger partial charge is 0.379 e. The SMILES string of the molecule is C/N=C/CC(=O)C1(C)COC1. The summed E-state index contributed by atoms with van der Waals surface area (Å²) in [5, 5.41) is 0. The van der Waals surface area contributed by atoms with Crippen LogP contribution in [0, 0.1) is 5.41 Å². The third-order valence-electron chi connectivity index (χ3n) is 1.97. The molecule has 0 amide bonds. The first kappa shape index (κ1) is 8.40. The second-order valence-electron chi connectivity index (χ2n) is 3.12. The Morgan fingerprint density at radius 3 is 2.73 bits per heavy atom. The molecule has 0 aromatic carbocycles. The highest BCUT2D eigenvalue weighted by Crippen LogP contribution is 2.28. The van der Waals surface area contributed by atoms with Crippen LogP contribution in [-0.4, -0.2) is 32.3 Å². The Labute approximate surface area is 66.5 Å². The molecule has 1 saturated heterocycles. The number of nitrogens with zero attached hydrogens (tertiary/aromatic N) is 1. The standard InChI is InChI=1S/C8H13NO2/c1-8(5-11-6-8)7(10)3-4-9-2/h4H,3,5-6H2,1-2H3/b9-4+. The highest BCUT2D eigenvalue weighted by molar-refractivity contribution is 5.95. The lowest BCUT2D eigenvalue weighted by Gasteiger charge is -2.36. The summed E-state index contributed by atoms with van der Waals surface area (Å²) in [6.07, 6.45) is 2.09. The summed E-state index contributed by atoms with van der Waals surface area (Å²) < 4.78 is 4.97. The first-order chi connectivity index (χ1) is 5.19. The molecule has 0 atom stereocenters. The van der Waals surface area contributed by atoms with E-state index in [-0.39, 0.29) is 11.2 Å². The Kier molecular flexibility index (Phi) is 2.39. The van der Waals surface area contributed by atoms with Crippen molar-refractivity contribution in [2.45, 2.75) is 13.3 Å². The first-order valence-electron chi connectivity index (χ1n) is 3.71. The number of hydrogen-bond acceptors (Lipinski definition) is 3. The zero-order valence-corrected chi connectivity index (χ0v) is 6.96. The minimum Gasteiger partial charge on any atom is -0.379 e. The molecular formula is C8H13NO2. The number of hydrogen-bond donors (Lipinski definition) is 0. The Balaban J connectivity index is 2.40. The number of rotatable bonds is 3. The van der Waals surface area contributed by atoms with Gasteiger partial charge in [-0.05, 0) is 6.92 Å². The number of aliphatic imine (C=N–C) groups is 1. The minimum absolute atomic E-state index is 0.221. The maximum atomic E-state index is 11.3. The van der Waals surface area contributed by atoms with Crippen LogP contribution in [0.3, 0.4) is 0 Å². The fourth-order valence-corrected chi connectivity index (χ4v) is 0.990. The maximum Gasteiger partial charge on any atom is 0.148 e. The van der Waals surface area contributed by atoms with Gasteiger partial charge in [0.15, 0.2) is 0 Å². The molecule has 1 aliphatic heterocycles. The lowest BCUT2D eigenvalue weighted by molar-refractivity contribution is -0.153. The number of Topliss-reactive ketones (excluding diaryl/α,β-unsaturated/α-hetero) is 1. The summed E-state index contributed by atoms with van der Waals surface area (Å²) in [5.41, 5.74) is -0.221. The molecule has 0 aliphatic carbocycles. The van der Waals surface area contributed by atoms with Gasteiger partial charge in [0.25, 0.3) is 0 Å². The number of ether oxygens (including phenoxy) is 1.